The van der Waals surface area contributed by atoms with Crippen molar-refractivity contribution in [3.8, 4) is 0 Å². The fourth-order valence-electron chi connectivity index (χ4n) is 2.87. The van der Waals surface area contributed by atoms with Gasteiger partial charge in [0, 0.05) is 32.4 Å². The van der Waals surface area contributed by atoms with Crippen molar-refractivity contribution in [3.05, 3.63) is 52.0 Å². The van der Waals surface area contributed by atoms with Gasteiger partial charge < -0.3 is 20.5 Å². The monoisotopic (exact) mass is 344 g/mol. The van der Waals surface area contributed by atoms with Crippen LogP contribution in [0.5, 0.6) is 0 Å². The largest absolute Gasteiger partial charge is 0.351 e. The second-order valence-electron chi connectivity index (χ2n) is 5.95. The molecule has 0 radical (unpaired) electrons. The zero-order valence-corrected chi connectivity index (χ0v) is 13.9. The summed E-state index contributed by atoms with van der Waals surface area (Å²) in [5, 5.41) is 2.75. The molecule has 3 heterocycles. The summed E-state index contributed by atoms with van der Waals surface area (Å²) >= 11 is 0. The van der Waals surface area contributed by atoms with Gasteiger partial charge in [-0.05, 0) is 18.6 Å². The Bertz CT molecular complexity index is 869. The van der Waals surface area contributed by atoms with Gasteiger partial charge in [-0.25, -0.2) is 9.78 Å². The predicted molar refractivity (Wildman–Crippen MR) is 89.7 cm³/mol. The van der Waals surface area contributed by atoms with Crippen LogP contribution in [0.4, 0.5) is 4.79 Å². The van der Waals surface area contributed by atoms with E-state index in [1.54, 1.807) is 34.5 Å². The van der Waals surface area contributed by atoms with Gasteiger partial charge in [0.15, 0.2) is 0 Å². The van der Waals surface area contributed by atoms with E-state index in [1.807, 2.05) is 0 Å². The molecule has 0 fully saturated rings. The fraction of sp³-hybridized carbons (Fsp3) is 0.375. The van der Waals surface area contributed by atoms with E-state index in [1.165, 1.54) is 11.0 Å². The number of hydrogen-bond donors (Lipinski definition) is 2. The number of aryl methyl sites for hydroxylation is 1. The average molecular weight is 344 g/mol. The summed E-state index contributed by atoms with van der Waals surface area (Å²) in [5.41, 5.74) is 6.12. The number of amides is 3. The van der Waals surface area contributed by atoms with Gasteiger partial charge in [0.1, 0.15) is 11.5 Å². The minimum absolute atomic E-state index is 0.129. The molecule has 1 aliphatic heterocycles. The normalized spacial score (nSPS) is 13.9. The fourth-order valence-corrected chi connectivity index (χ4v) is 2.87. The second-order valence-corrected chi connectivity index (χ2v) is 5.95. The first kappa shape index (κ1) is 16.7. The summed E-state index contributed by atoms with van der Waals surface area (Å²) < 4.78 is 3.25. The minimum atomic E-state index is -0.537. The van der Waals surface area contributed by atoms with E-state index >= 15 is 0 Å². The van der Waals surface area contributed by atoms with Crippen LogP contribution in [0.2, 0.25) is 0 Å². The zero-order valence-electron chi connectivity index (χ0n) is 13.9. The lowest BCUT2D eigenvalue weighted by molar-refractivity contribution is 0.0942. The van der Waals surface area contributed by atoms with Gasteiger partial charge in [-0.3, -0.25) is 14.2 Å². The highest BCUT2D eigenvalue weighted by molar-refractivity contribution is 5.92. The standard InChI is InChI=1S/C16H20N6O3/c1-20-5-2-4-12(20)15(24)18-9-11-8-14(23)22-7-3-6-21(16(17)25)10-13(22)19-11/h2,4-5,8H,3,6-7,9-10H2,1H3,(H2,17,25)(H,18,24). The van der Waals surface area contributed by atoms with Crippen LogP contribution in [-0.2, 0) is 26.7 Å². The van der Waals surface area contributed by atoms with E-state index < -0.39 is 6.03 Å². The van der Waals surface area contributed by atoms with E-state index in [2.05, 4.69) is 10.3 Å². The van der Waals surface area contributed by atoms with Gasteiger partial charge >= 0.3 is 6.03 Å². The summed E-state index contributed by atoms with van der Waals surface area (Å²) in [6.45, 7) is 1.28. The molecule has 9 heteroatoms. The van der Waals surface area contributed by atoms with Crippen LogP contribution in [-0.4, -0.2) is 37.5 Å². The van der Waals surface area contributed by atoms with E-state index in [0.29, 0.717) is 36.7 Å². The number of urea groups is 1. The van der Waals surface area contributed by atoms with Gasteiger partial charge in [-0.2, -0.15) is 0 Å². The number of nitrogens with zero attached hydrogens (tertiary/aromatic N) is 4. The second kappa shape index (κ2) is 6.80. The molecule has 0 atom stereocenters. The average Bonchev–Trinajstić information content (AvgIpc) is 2.87. The third-order valence-electron chi connectivity index (χ3n) is 4.20. The van der Waals surface area contributed by atoms with E-state index in [9.17, 15) is 14.4 Å². The Morgan fingerprint density at radius 2 is 2.16 bits per heavy atom. The Balaban J connectivity index is 1.78. The number of hydrogen-bond acceptors (Lipinski definition) is 4. The summed E-state index contributed by atoms with van der Waals surface area (Å²) in [6.07, 6.45) is 2.42. The SMILES string of the molecule is Cn1cccc1C(=O)NCc1cc(=O)n2c(n1)CN(C(N)=O)CCC2. The molecule has 0 unspecified atom stereocenters. The van der Waals surface area contributed by atoms with Gasteiger partial charge in [0.05, 0.1) is 18.8 Å². The van der Waals surface area contributed by atoms with Crippen LogP contribution in [0.3, 0.4) is 0 Å². The molecule has 9 nitrogen and oxygen atoms in total. The molecule has 2 aromatic heterocycles. The van der Waals surface area contributed by atoms with Crippen LogP contribution in [0.25, 0.3) is 0 Å². The predicted octanol–water partition coefficient (Wildman–Crippen LogP) is -0.204. The molecule has 0 aliphatic carbocycles. The summed E-state index contributed by atoms with van der Waals surface area (Å²) in [7, 11) is 1.78. The van der Waals surface area contributed by atoms with Crippen molar-refractivity contribution < 1.29 is 9.59 Å². The third kappa shape index (κ3) is 3.54. The Labute approximate surface area is 144 Å². The summed E-state index contributed by atoms with van der Waals surface area (Å²) in [6, 6.07) is 4.36. The van der Waals surface area contributed by atoms with Crippen molar-refractivity contribution in [1.82, 2.24) is 24.3 Å². The molecule has 0 saturated carbocycles. The van der Waals surface area contributed by atoms with Crippen molar-refractivity contribution in [2.45, 2.75) is 26.1 Å². The molecule has 0 saturated heterocycles. The lowest BCUT2D eigenvalue weighted by Gasteiger charge is -2.17. The molecular formula is C16H20N6O3. The lowest BCUT2D eigenvalue weighted by Crippen LogP contribution is -2.36. The molecule has 0 bridgehead atoms. The maximum atomic E-state index is 12.3. The van der Waals surface area contributed by atoms with Gasteiger partial charge in [0.25, 0.3) is 11.5 Å². The number of carbonyl (C=O) groups excluding carboxylic acids is 2. The van der Waals surface area contributed by atoms with Gasteiger partial charge in [-0.1, -0.05) is 0 Å². The topological polar surface area (TPSA) is 115 Å². The molecule has 3 rings (SSSR count). The van der Waals surface area contributed by atoms with Crippen molar-refractivity contribution >= 4 is 11.9 Å². The van der Waals surface area contributed by atoms with Gasteiger partial charge in [-0.15, -0.1) is 0 Å². The van der Waals surface area contributed by atoms with Crippen LogP contribution in [0, 0.1) is 0 Å². The van der Waals surface area contributed by atoms with Crippen molar-refractivity contribution in [3.63, 3.8) is 0 Å². The number of fused-ring (bicyclic) bond motifs is 1. The highest BCUT2D eigenvalue weighted by atomic mass is 16.2. The molecule has 132 valence electrons. The number of carbonyl (C=O) groups is 2. The van der Waals surface area contributed by atoms with Crippen molar-refractivity contribution in [1.29, 1.82) is 0 Å². The molecule has 0 aromatic carbocycles. The van der Waals surface area contributed by atoms with Crippen LogP contribution in [0.1, 0.15) is 28.4 Å². The Morgan fingerprint density at radius 3 is 2.84 bits per heavy atom. The van der Waals surface area contributed by atoms with Crippen LogP contribution >= 0.6 is 0 Å². The molecule has 0 spiro atoms. The number of nitrogens with two attached hydrogens (primary N) is 1. The number of aromatic nitrogens is 3. The first-order valence-corrected chi connectivity index (χ1v) is 7.99. The maximum Gasteiger partial charge on any atom is 0.315 e. The van der Waals surface area contributed by atoms with Crippen LogP contribution < -0.4 is 16.6 Å². The van der Waals surface area contributed by atoms with Crippen LogP contribution in [0.15, 0.2) is 29.2 Å². The van der Waals surface area contributed by atoms with E-state index in [4.69, 9.17) is 5.73 Å². The zero-order chi connectivity index (χ0) is 18.0. The molecule has 1 aliphatic rings. The molecular weight excluding hydrogens is 324 g/mol. The number of primary amides is 1. The van der Waals surface area contributed by atoms with E-state index in [0.717, 1.165) is 0 Å². The lowest BCUT2D eigenvalue weighted by atomic mass is 10.3. The Hall–Kier alpha value is -3.10. The first-order valence-electron chi connectivity index (χ1n) is 7.99. The minimum Gasteiger partial charge on any atom is -0.351 e. The highest BCUT2D eigenvalue weighted by Gasteiger charge is 2.19. The first-order chi connectivity index (χ1) is 12.0. The van der Waals surface area contributed by atoms with Crippen molar-refractivity contribution in [2.24, 2.45) is 12.8 Å². The molecule has 3 N–H and O–H groups in total. The third-order valence-corrected chi connectivity index (χ3v) is 4.20. The quantitative estimate of drug-likeness (QED) is 0.802. The molecule has 2 aromatic rings. The highest BCUT2D eigenvalue weighted by Crippen LogP contribution is 2.09. The number of nitrogens with one attached hydrogen (secondary N) is 1. The molecule has 3 amide bonds. The smallest absolute Gasteiger partial charge is 0.315 e. The van der Waals surface area contributed by atoms with Crippen molar-refractivity contribution in [2.75, 3.05) is 6.54 Å². The molecule has 25 heavy (non-hydrogen) atoms. The maximum absolute atomic E-state index is 12.3. The summed E-state index contributed by atoms with van der Waals surface area (Å²) in [4.78, 5) is 41.8. The van der Waals surface area contributed by atoms with Gasteiger partial charge in [0.2, 0.25) is 0 Å². The Morgan fingerprint density at radius 1 is 1.36 bits per heavy atom. The number of rotatable bonds is 3. The van der Waals surface area contributed by atoms with E-state index in [-0.39, 0.29) is 24.6 Å². The summed E-state index contributed by atoms with van der Waals surface area (Å²) in [5.74, 6) is 0.232. The Kier molecular flexibility index (Phi) is 4.55.